The molecule has 2 aromatic rings. The molecule has 0 spiro atoms. The molecule has 0 saturated carbocycles. The number of benzene rings is 2. The summed E-state index contributed by atoms with van der Waals surface area (Å²) in [5.41, 5.74) is 0.841. The molecule has 7 heteroatoms. The highest BCUT2D eigenvalue weighted by Crippen LogP contribution is 2.16. The zero-order valence-electron chi connectivity index (χ0n) is 16.0. The van der Waals surface area contributed by atoms with Crippen LogP contribution in [0.25, 0.3) is 16.8 Å². The minimum Gasteiger partial charge on any atom is -0.480 e. The third kappa shape index (κ3) is 5.89. The molecule has 0 bridgehead atoms. The van der Waals surface area contributed by atoms with E-state index in [0.717, 1.165) is 16.3 Å². The van der Waals surface area contributed by atoms with Gasteiger partial charge in [-0.05, 0) is 34.9 Å². The molecule has 1 fully saturated rings. The molecule has 3 rings (SSSR count). The zero-order chi connectivity index (χ0) is 20.6. The number of amides is 2. The molecule has 1 aliphatic rings. The molecule has 0 aliphatic carbocycles. The predicted octanol–water partition coefficient (Wildman–Crippen LogP) is 2.06. The van der Waals surface area contributed by atoms with Crippen molar-refractivity contribution in [2.24, 2.45) is 0 Å². The van der Waals surface area contributed by atoms with E-state index in [1.54, 1.807) is 11.0 Å². The Morgan fingerprint density at radius 2 is 1.83 bits per heavy atom. The van der Waals surface area contributed by atoms with Crippen molar-refractivity contribution in [3.63, 3.8) is 0 Å². The summed E-state index contributed by atoms with van der Waals surface area (Å²) in [7, 11) is 0. The number of aliphatic carboxylic acids is 1. The van der Waals surface area contributed by atoms with E-state index in [-0.39, 0.29) is 18.7 Å². The molecule has 0 unspecified atom stereocenters. The SMILES string of the molecule is O=C(/C=C/c1ccc2ccccc2c1)N[C@@H](CCC(=O)N1CCOCC1)C(=O)O. The first-order valence-corrected chi connectivity index (χ1v) is 9.58. The highest BCUT2D eigenvalue weighted by atomic mass is 16.5. The average molecular weight is 396 g/mol. The molecule has 2 N–H and O–H groups in total. The van der Waals surface area contributed by atoms with Gasteiger partial charge in [-0.1, -0.05) is 36.4 Å². The van der Waals surface area contributed by atoms with E-state index < -0.39 is 17.9 Å². The van der Waals surface area contributed by atoms with Gasteiger partial charge in [0.15, 0.2) is 0 Å². The van der Waals surface area contributed by atoms with Gasteiger partial charge in [0.1, 0.15) is 6.04 Å². The predicted molar refractivity (Wildman–Crippen MR) is 109 cm³/mol. The van der Waals surface area contributed by atoms with Crippen LogP contribution in [0.3, 0.4) is 0 Å². The van der Waals surface area contributed by atoms with Gasteiger partial charge in [0.25, 0.3) is 0 Å². The van der Waals surface area contributed by atoms with Crippen LogP contribution in [0.1, 0.15) is 18.4 Å². The smallest absolute Gasteiger partial charge is 0.326 e. The quantitative estimate of drug-likeness (QED) is 0.699. The largest absolute Gasteiger partial charge is 0.480 e. The lowest BCUT2D eigenvalue weighted by Crippen LogP contribution is -2.43. The Bertz CT molecular complexity index is 918. The van der Waals surface area contributed by atoms with E-state index in [4.69, 9.17) is 4.74 Å². The van der Waals surface area contributed by atoms with Crippen LogP contribution in [0.2, 0.25) is 0 Å². The number of morpholine rings is 1. The number of carbonyl (C=O) groups is 3. The Morgan fingerprint density at radius 1 is 1.10 bits per heavy atom. The van der Waals surface area contributed by atoms with Crippen LogP contribution in [0, 0.1) is 0 Å². The maximum absolute atomic E-state index is 12.2. The summed E-state index contributed by atoms with van der Waals surface area (Å²) in [4.78, 5) is 37.5. The Hall–Kier alpha value is -3.19. The first kappa shape index (κ1) is 20.5. The first-order valence-electron chi connectivity index (χ1n) is 9.58. The Kier molecular flexibility index (Phi) is 6.97. The van der Waals surface area contributed by atoms with Crippen molar-refractivity contribution in [3.8, 4) is 0 Å². The van der Waals surface area contributed by atoms with Crippen LogP contribution in [-0.2, 0) is 19.1 Å². The molecular formula is C22H24N2O5. The topological polar surface area (TPSA) is 95.9 Å². The van der Waals surface area contributed by atoms with Gasteiger partial charge in [-0.25, -0.2) is 4.79 Å². The number of carbonyl (C=O) groups excluding carboxylic acids is 2. The minimum atomic E-state index is -1.16. The van der Waals surface area contributed by atoms with Crippen LogP contribution in [0.4, 0.5) is 0 Å². The van der Waals surface area contributed by atoms with Crippen molar-refractivity contribution >= 4 is 34.6 Å². The lowest BCUT2D eigenvalue weighted by Gasteiger charge is -2.27. The minimum absolute atomic E-state index is 0.0427. The second kappa shape index (κ2) is 9.84. The van der Waals surface area contributed by atoms with Gasteiger partial charge < -0.3 is 20.1 Å². The van der Waals surface area contributed by atoms with Crippen LogP contribution in [0.5, 0.6) is 0 Å². The Morgan fingerprint density at radius 3 is 2.55 bits per heavy atom. The lowest BCUT2D eigenvalue weighted by molar-refractivity contribution is -0.142. The highest BCUT2D eigenvalue weighted by molar-refractivity contribution is 5.95. The summed E-state index contributed by atoms with van der Waals surface area (Å²) >= 11 is 0. The van der Waals surface area contributed by atoms with Crippen molar-refractivity contribution in [3.05, 3.63) is 54.1 Å². The molecule has 0 aromatic heterocycles. The average Bonchev–Trinajstić information content (AvgIpc) is 2.75. The van der Waals surface area contributed by atoms with E-state index in [9.17, 15) is 19.5 Å². The molecule has 2 aromatic carbocycles. The number of ether oxygens (including phenoxy) is 1. The molecule has 1 aliphatic heterocycles. The lowest BCUT2D eigenvalue weighted by atomic mass is 10.1. The number of hydrogen-bond donors (Lipinski definition) is 2. The summed E-state index contributed by atoms with van der Waals surface area (Å²) in [6.07, 6.45) is 3.05. The van der Waals surface area contributed by atoms with E-state index in [0.29, 0.717) is 26.3 Å². The normalized spacial score (nSPS) is 15.4. The molecule has 1 heterocycles. The van der Waals surface area contributed by atoms with Gasteiger partial charge in [-0.2, -0.15) is 0 Å². The Labute approximate surface area is 168 Å². The van der Waals surface area contributed by atoms with E-state index in [1.165, 1.54) is 6.08 Å². The molecule has 1 saturated heterocycles. The Balaban J connectivity index is 1.54. The highest BCUT2D eigenvalue weighted by Gasteiger charge is 2.23. The monoisotopic (exact) mass is 396 g/mol. The van der Waals surface area contributed by atoms with Gasteiger partial charge in [0.2, 0.25) is 11.8 Å². The second-order valence-corrected chi connectivity index (χ2v) is 6.87. The van der Waals surface area contributed by atoms with Crippen molar-refractivity contribution in [2.75, 3.05) is 26.3 Å². The number of nitrogens with one attached hydrogen (secondary N) is 1. The van der Waals surface area contributed by atoms with E-state index in [1.807, 2.05) is 42.5 Å². The number of hydrogen-bond acceptors (Lipinski definition) is 4. The fourth-order valence-corrected chi connectivity index (χ4v) is 3.20. The molecule has 2 amide bonds. The van der Waals surface area contributed by atoms with Gasteiger partial charge >= 0.3 is 5.97 Å². The van der Waals surface area contributed by atoms with E-state index in [2.05, 4.69) is 5.32 Å². The summed E-state index contributed by atoms with van der Waals surface area (Å²) in [6, 6.07) is 12.6. The van der Waals surface area contributed by atoms with Gasteiger partial charge in [-0.15, -0.1) is 0 Å². The van der Waals surface area contributed by atoms with Crippen LogP contribution >= 0.6 is 0 Å². The molecule has 152 valence electrons. The van der Waals surface area contributed by atoms with Gasteiger partial charge in [0, 0.05) is 25.6 Å². The number of nitrogens with zero attached hydrogens (tertiary/aromatic N) is 1. The van der Waals surface area contributed by atoms with Gasteiger partial charge in [0.05, 0.1) is 13.2 Å². The maximum Gasteiger partial charge on any atom is 0.326 e. The maximum atomic E-state index is 12.2. The summed E-state index contributed by atoms with van der Waals surface area (Å²) < 4.78 is 5.20. The summed E-state index contributed by atoms with van der Waals surface area (Å²) in [6.45, 7) is 2.00. The first-order chi connectivity index (χ1) is 14.0. The zero-order valence-corrected chi connectivity index (χ0v) is 16.0. The molecule has 0 radical (unpaired) electrons. The third-order valence-electron chi connectivity index (χ3n) is 4.83. The number of carboxylic acids is 1. The van der Waals surface area contributed by atoms with E-state index >= 15 is 0 Å². The standard InChI is InChI=1S/C22H24N2O5/c25-20(9-6-16-5-7-17-3-1-2-4-18(17)15-16)23-19(22(27)28)8-10-21(26)24-11-13-29-14-12-24/h1-7,9,15,19H,8,10-14H2,(H,23,25)(H,27,28)/b9-6+/t19-/m0/s1. The fourth-order valence-electron chi connectivity index (χ4n) is 3.20. The van der Waals surface area contributed by atoms with Crippen molar-refractivity contribution in [1.29, 1.82) is 0 Å². The fraction of sp³-hybridized carbons (Fsp3) is 0.318. The summed E-state index contributed by atoms with van der Waals surface area (Å²) in [5, 5.41) is 14.0. The second-order valence-electron chi connectivity index (χ2n) is 6.87. The van der Waals surface area contributed by atoms with Crippen molar-refractivity contribution in [2.45, 2.75) is 18.9 Å². The van der Waals surface area contributed by atoms with Crippen LogP contribution in [0.15, 0.2) is 48.5 Å². The van der Waals surface area contributed by atoms with Crippen LogP contribution in [-0.4, -0.2) is 60.1 Å². The van der Waals surface area contributed by atoms with Crippen molar-refractivity contribution < 1.29 is 24.2 Å². The van der Waals surface area contributed by atoms with Crippen LogP contribution < -0.4 is 5.32 Å². The third-order valence-corrected chi connectivity index (χ3v) is 4.83. The van der Waals surface area contributed by atoms with Gasteiger partial charge in [-0.3, -0.25) is 9.59 Å². The molecular weight excluding hydrogens is 372 g/mol. The number of fused-ring (bicyclic) bond motifs is 1. The van der Waals surface area contributed by atoms with Crippen molar-refractivity contribution in [1.82, 2.24) is 10.2 Å². The molecule has 7 nitrogen and oxygen atoms in total. The molecule has 29 heavy (non-hydrogen) atoms. The number of rotatable bonds is 7. The number of carboxylic acid groups (broad SMARTS) is 1. The summed E-state index contributed by atoms with van der Waals surface area (Å²) in [5.74, 6) is -1.79. The molecule has 1 atom stereocenters.